The first-order valence-corrected chi connectivity index (χ1v) is 8.38. The predicted molar refractivity (Wildman–Crippen MR) is 89.8 cm³/mol. The van der Waals surface area contributed by atoms with E-state index in [2.05, 4.69) is 5.32 Å². The Morgan fingerprint density at radius 2 is 2.00 bits per heavy atom. The Kier molecular flexibility index (Phi) is 6.59. The van der Waals surface area contributed by atoms with Crippen molar-refractivity contribution in [1.82, 2.24) is 10.2 Å². The van der Waals surface area contributed by atoms with Gasteiger partial charge in [0.15, 0.2) is 5.78 Å². The zero-order valence-corrected chi connectivity index (χ0v) is 14.0. The minimum absolute atomic E-state index is 0.00294. The van der Waals surface area contributed by atoms with E-state index in [-0.39, 0.29) is 30.6 Å². The number of hydrogen-bond donors (Lipinski definition) is 1. The highest BCUT2D eigenvalue weighted by molar-refractivity contribution is 5.98. The van der Waals surface area contributed by atoms with Gasteiger partial charge in [-0.2, -0.15) is 0 Å². The number of nitrogens with one attached hydrogen (secondary N) is 1. The highest BCUT2D eigenvalue weighted by Crippen LogP contribution is 2.15. The molecule has 1 saturated heterocycles. The highest BCUT2D eigenvalue weighted by atomic mass is 16.5. The summed E-state index contributed by atoms with van der Waals surface area (Å²) in [6.45, 7) is 7.11. The van der Waals surface area contributed by atoms with Gasteiger partial charge in [-0.1, -0.05) is 6.92 Å². The number of rotatable bonds is 7. The van der Waals surface area contributed by atoms with Crippen LogP contribution < -0.4 is 10.1 Å². The van der Waals surface area contributed by atoms with Gasteiger partial charge < -0.3 is 15.0 Å². The van der Waals surface area contributed by atoms with E-state index in [1.165, 1.54) is 0 Å². The van der Waals surface area contributed by atoms with E-state index in [1.807, 2.05) is 30.9 Å². The standard InChI is InChI=1S/C18H26N2O3/c1-3-12-23-16-6-4-15(5-7-16)17(21)8-9-18(22)20-11-10-19-13-14(20)2/h4-7,14,19H,3,8-13H2,1-2H3/t14-/m0/s1. The Morgan fingerprint density at radius 3 is 2.65 bits per heavy atom. The van der Waals surface area contributed by atoms with E-state index in [0.717, 1.165) is 31.8 Å². The molecule has 2 rings (SSSR count). The van der Waals surface area contributed by atoms with Gasteiger partial charge in [-0.05, 0) is 37.6 Å². The van der Waals surface area contributed by atoms with Crippen LogP contribution in [0.1, 0.15) is 43.5 Å². The molecule has 1 aromatic carbocycles. The molecular formula is C18H26N2O3. The van der Waals surface area contributed by atoms with E-state index in [9.17, 15) is 9.59 Å². The lowest BCUT2D eigenvalue weighted by atomic mass is 10.1. The van der Waals surface area contributed by atoms with Crippen molar-refractivity contribution < 1.29 is 14.3 Å². The smallest absolute Gasteiger partial charge is 0.223 e. The summed E-state index contributed by atoms with van der Waals surface area (Å²) in [5, 5.41) is 3.26. The Morgan fingerprint density at radius 1 is 1.26 bits per heavy atom. The van der Waals surface area contributed by atoms with E-state index >= 15 is 0 Å². The molecule has 5 heteroatoms. The van der Waals surface area contributed by atoms with Crippen LogP contribution in [0.3, 0.4) is 0 Å². The fourth-order valence-corrected chi connectivity index (χ4v) is 2.68. The number of Topliss-reactive ketones (excluding diaryl/α,β-unsaturated/α-hetero) is 1. The van der Waals surface area contributed by atoms with E-state index in [0.29, 0.717) is 12.2 Å². The van der Waals surface area contributed by atoms with Crippen LogP contribution in [0.2, 0.25) is 0 Å². The van der Waals surface area contributed by atoms with Crippen molar-refractivity contribution in [3.05, 3.63) is 29.8 Å². The summed E-state index contributed by atoms with van der Waals surface area (Å²) in [6, 6.07) is 7.35. The largest absolute Gasteiger partial charge is 0.494 e. The van der Waals surface area contributed by atoms with Crippen LogP contribution in [-0.4, -0.2) is 48.9 Å². The van der Waals surface area contributed by atoms with Crippen molar-refractivity contribution in [3.63, 3.8) is 0 Å². The van der Waals surface area contributed by atoms with Crippen molar-refractivity contribution in [2.75, 3.05) is 26.2 Å². The zero-order chi connectivity index (χ0) is 16.7. The van der Waals surface area contributed by atoms with Crippen molar-refractivity contribution in [2.24, 2.45) is 0 Å². The third kappa shape index (κ3) is 5.06. The van der Waals surface area contributed by atoms with Gasteiger partial charge in [-0.25, -0.2) is 0 Å². The maximum atomic E-state index is 12.2. The SMILES string of the molecule is CCCOc1ccc(C(=O)CCC(=O)N2CCNC[C@@H]2C)cc1. The Hall–Kier alpha value is -1.88. The third-order valence-electron chi connectivity index (χ3n) is 4.04. The van der Waals surface area contributed by atoms with Gasteiger partial charge in [0.1, 0.15) is 5.75 Å². The Bertz CT molecular complexity index is 528. The van der Waals surface area contributed by atoms with E-state index < -0.39 is 0 Å². The number of amides is 1. The fourth-order valence-electron chi connectivity index (χ4n) is 2.68. The zero-order valence-electron chi connectivity index (χ0n) is 14.0. The monoisotopic (exact) mass is 318 g/mol. The number of piperazine rings is 1. The molecule has 0 aliphatic carbocycles. The second-order valence-corrected chi connectivity index (χ2v) is 5.94. The molecule has 1 N–H and O–H groups in total. The summed E-state index contributed by atoms with van der Waals surface area (Å²) in [7, 11) is 0. The number of carbonyl (C=O) groups excluding carboxylic acids is 2. The molecule has 126 valence electrons. The number of nitrogens with zero attached hydrogens (tertiary/aromatic N) is 1. The summed E-state index contributed by atoms with van der Waals surface area (Å²) in [6.07, 6.45) is 1.48. The van der Waals surface area contributed by atoms with Crippen LogP contribution in [0.5, 0.6) is 5.75 Å². The predicted octanol–water partition coefficient (Wildman–Crippen LogP) is 2.26. The molecule has 5 nitrogen and oxygen atoms in total. The second-order valence-electron chi connectivity index (χ2n) is 5.94. The molecule has 1 amide bonds. The highest BCUT2D eigenvalue weighted by Gasteiger charge is 2.23. The number of hydrogen-bond acceptors (Lipinski definition) is 4. The summed E-state index contributed by atoms with van der Waals surface area (Å²) in [5.41, 5.74) is 0.634. The normalized spacial score (nSPS) is 17.8. The number of carbonyl (C=O) groups is 2. The van der Waals surface area contributed by atoms with Crippen LogP contribution >= 0.6 is 0 Å². The van der Waals surface area contributed by atoms with Gasteiger partial charge in [0.05, 0.1) is 6.61 Å². The number of ether oxygens (including phenoxy) is 1. The molecule has 1 aromatic rings. The van der Waals surface area contributed by atoms with Crippen LogP contribution in [0, 0.1) is 0 Å². The average molecular weight is 318 g/mol. The molecule has 1 aliphatic rings. The first-order valence-electron chi connectivity index (χ1n) is 8.38. The minimum Gasteiger partial charge on any atom is -0.494 e. The second kappa shape index (κ2) is 8.67. The maximum absolute atomic E-state index is 12.2. The lowest BCUT2D eigenvalue weighted by Crippen LogP contribution is -2.52. The van der Waals surface area contributed by atoms with Crippen molar-refractivity contribution in [1.29, 1.82) is 0 Å². The van der Waals surface area contributed by atoms with Crippen LogP contribution in [0.4, 0.5) is 0 Å². The van der Waals surface area contributed by atoms with Crippen molar-refractivity contribution in [2.45, 2.75) is 39.2 Å². The summed E-state index contributed by atoms with van der Waals surface area (Å²) >= 11 is 0. The average Bonchev–Trinajstić information content (AvgIpc) is 2.58. The van der Waals surface area contributed by atoms with Crippen molar-refractivity contribution in [3.8, 4) is 5.75 Å². The molecule has 1 fully saturated rings. The first-order chi connectivity index (χ1) is 11.1. The van der Waals surface area contributed by atoms with Crippen LogP contribution in [0.25, 0.3) is 0 Å². The van der Waals surface area contributed by atoms with Gasteiger partial charge in [-0.15, -0.1) is 0 Å². The maximum Gasteiger partial charge on any atom is 0.223 e. The van der Waals surface area contributed by atoms with Crippen molar-refractivity contribution >= 4 is 11.7 Å². The minimum atomic E-state index is 0.00294. The lowest BCUT2D eigenvalue weighted by molar-refractivity contribution is -0.133. The molecule has 23 heavy (non-hydrogen) atoms. The van der Waals surface area contributed by atoms with E-state index in [4.69, 9.17) is 4.74 Å². The van der Waals surface area contributed by atoms with Gasteiger partial charge >= 0.3 is 0 Å². The molecule has 0 radical (unpaired) electrons. The van der Waals surface area contributed by atoms with Crippen LogP contribution in [-0.2, 0) is 4.79 Å². The lowest BCUT2D eigenvalue weighted by Gasteiger charge is -2.34. The van der Waals surface area contributed by atoms with Gasteiger partial charge in [0, 0.05) is 44.1 Å². The molecule has 1 atom stereocenters. The number of benzene rings is 1. The van der Waals surface area contributed by atoms with Gasteiger partial charge in [0.25, 0.3) is 0 Å². The Balaban J connectivity index is 1.83. The van der Waals surface area contributed by atoms with Crippen LogP contribution in [0.15, 0.2) is 24.3 Å². The molecule has 0 aromatic heterocycles. The molecule has 0 unspecified atom stereocenters. The molecule has 1 aliphatic heterocycles. The summed E-state index contributed by atoms with van der Waals surface area (Å²) in [5.74, 6) is 0.840. The fraction of sp³-hybridized carbons (Fsp3) is 0.556. The molecular weight excluding hydrogens is 292 g/mol. The number of ketones is 1. The third-order valence-corrected chi connectivity index (χ3v) is 4.04. The molecule has 0 bridgehead atoms. The summed E-state index contributed by atoms with van der Waals surface area (Å²) < 4.78 is 5.50. The summed E-state index contributed by atoms with van der Waals surface area (Å²) in [4.78, 5) is 26.3. The first kappa shape index (κ1) is 17.5. The molecule has 0 saturated carbocycles. The molecule has 1 heterocycles. The van der Waals surface area contributed by atoms with Gasteiger partial charge in [0.2, 0.25) is 5.91 Å². The Labute approximate surface area is 138 Å². The van der Waals surface area contributed by atoms with E-state index in [1.54, 1.807) is 12.1 Å². The van der Waals surface area contributed by atoms with Gasteiger partial charge in [-0.3, -0.25) is 9.59 Å². The topological polar surface area (TPSA) is 58.6 Å². The quantitative estimate of drug-likeness (QED) is 0.784. The molecule has 0 spiro atoms.